The molecule has 1 aromatic rings. The van der Waals surface area contributed by atoms with E-state index in [0.29, 0.717) is 10.9 Å². The lowest BCUT2D eigenvalue weighted by Crippen LogP contribution is -2.14. The molecular formula is C12H16FNS. The predicted molar refractivity (Wildman–Crippen MR) is 64.1 cm³/mol. The highest BCUT2D eigenvalue weighted by Crippen LogP contribution is 2.25. The van der Waals surface area contributed by atoms with Crippen LogP contribution < -0.4 is 5.32 Å². The van der Waals surface area contributed by atoms with Gasteiger partial charge >= 0.3 is 0 Å². The molecule has 0 spiro atoms. The smallest absolute Gasteiger partial charge is 0.138 e. The van der Waals surface area contributed by atoms with Crippen molar-refractivity contribution in [3.05, 3.63) is 24.0 Å². The molecule has 0 bridgehead atoms. The quantitative estimate of drug-likeness (QED) is 0.783. The zero-order chi connectivity index (χ0) is 10.7. The third-order valence-electron chi connectivity index (χ3n) is 2.88. The maximum absolute atomic E-state index is 13.5. The summed E-state index contributed by atoms with van der Waals surface area (Å²) >= 11 is 1.44. The molecule has 1 fully saturated rings. The molecule has 82 valence electrons. The van der Waals surface area contributed by atoms with Crippen molar-refractivity contribution in [1.29, 1.82) is 0 Å². The highest BCUT2D eigenvalue weighted by molar-refractivity contribution is 7.98. The van der Waals surface area contributed by atoms with Gasteiger partial charge in [0.15, 0.2) is 0 Å². The van der Waals surface area contributed by atoms with E-state index in [0.717, 1.165) is 5.69 Å². The fourth-order valence-electron chi connectivity index (χ4n) is 2.06. The summed E-state index contributed by atoms with van der Waals surface area (Å²) in [5.41, 5.74) is 0.914. The van der Waals surface area contributed by atoms with Crippen LogP contribution in [-0.4, -0.2) is 12.3 Å². The van der Waals surface area contributed by atoms with Crippen LogP contribution in [0.4, 0.5) is 10.1 Å². The van der Waals surface area contributed by atoms with Crippen LogP contribution in [0.25, 0.3) is 0 Å². The number of anilines is 1. The van der Waals surface area contributed by atoms with Gasteiger partial charge < -0.3 is 5.32 Å². The lowest BCUT2D eigenvalue weighted by molar-refractivity contribution is 0.602. The predicted octanol–water partition coefficient (Wildman–Crippen LogP) is 3.90. The molecule has 1 aliphatic rings. The van der Waals surface area contributed by atoms with Crippen molar-refractivity contribution in [3.8, 4) is 0 Å². The van der Waals surface area contributed by atoms with Crippen LogP contribution in [0, 0.1) is 5.82 Å². The molecule has 2 rings (SSSR count). The Labute approximate surface area is 94.5 Å². The second-order valence-corrected chi connectivity index (χ2v) is 4.82. The maximum Gasteiger partial charge on any atom is 0.138 e. The van der Waals surface area contributed by atoms with E-state index in [4.69, 9.17) is 0 Å². The van der Waals surface area contributed by atoms with Gasteiger partial charge in [-0.3, -0.25) is 0 Å². The molecule has 0 radical (unpaired) electrons. The fraction of sp³-hybridized carbons (Fsp3) is 0.500. The monoisotopic (exact) mass is 225 g/mol. The van der Waals surface area contributed by atoms with Gasteiger partial charge in [0.1, 0.15) is 5.82 Å². The number of hydrogen-bond acceptors (Lipinski definition) is 2. The van der Waals surface area contributed by atoms with E-state index in [2.05, 4.69) is 5.32 Å². The molecule has 1 N–H and O–H groups in total. The van der Waals surface area contributed by atoms with Gasteiger partial charge in [-0.15, -0.1) is 11.8 Å². The van der Waals surface area contributed by atoms with E-state index in [1.165, 1.54) is 37.4 Å². The molecule has 3 heteroatoms. The summed E-state index contributed by atoms with van der Waals surface area (Å²) in [6.07, 6.45) is 6.91. The summed E-state index contributed by atoms with van der Waals surface area (Å²) in [5, 5.41) is 3.38. The Bertz CT molecular complexity index is 334. The summed E-state index contributed by atoms with van der Waals surface area (Å²) in [6.45, 7) is 0. The lowest BCUT2D eigenvalue weighted by atomic mass is 10.2. The van der Waals surface area contributed by atoms with Crippen molar-refractivity contribution in [2.75, 3.05) is 11.6 Å². The van der Waals surface area contributed by atoms with E-state index < -0.39 is 0 Å². The zero-order valence-corrected chi connectivity index (χ0v) is 9.74. The molecule has 0 unspecified atom stereocenters. The molecule has 1 aliphatic carbocycles. The van der Waals surface area contributed by atoms with Crippen LogP contribution in [0.2, 0.25) is 0 Å². The van der Waals surface area contributed by atoms with Gasteiger partial charge in [-0.1, -0.05) is 12.8 Å². The Hall–Kier alpha value is -0.700. The summed E-state index contributed by atoms with van der Waals surface area (Å²) in [7, 11) is 0. The molecular weight excluding hydrogens is 209 g/mol. The molecule has 0 saturated heterocycles. The number of thioether (sulfide) groups is 1. The Balaban J connectivity index is 2.05. The average molecular weight is 225 g/mol. The number of rotatable bonds is 3. The molecule has 0 atom stereocenters. The first-order valence-corrected chi connectivity index (χ1v) is 6.62. The first-order chi connectivity index (χ1) is 7.29. The van der Waals surface area contributed by atoms with Crippen LogP contribution >= 0.6 is 11.8 Å². The average Bonchev–Trinajstić information content (AvgIpc) is 2.71. The van der Waals surface area contributed by atoms with Crippen LogP contribution in [0.3, 0.4) is 0 Å². The van der Waals surface area contributed by atoms with Crippen LogP contribution in [0.5, 0.6) is 0 Å². The zero-order valence-electron chi connectivity index (χ0n) is 8.92. The molecule has 0 aliphatic heterocycles. The molecule has 0 amide bonds. The van der Waals surface area contributed by atoms with Crippen LogP contribution in [0.15, 0.2) is 23.1 Å². The van der Waals surface area contributed by atoms with Crippen molar-refractivity contribution < 1.29 is 4.39 Å². The SMILES string of the molecule is CSc1ccc(NC2CCCC2)cc1F. The van der Waals surface area contributed by atoms with Crippen LogP contribution in [0.1, 0.15) is 25.7 Å². The van der Waals surface area contributed by atoms with Crippen molar-refractivity contribution in [3.63, 3.8) is 0 Å². The van der Waals surface area contributed by atoms with Gasteiger partial charge in [-0.25, -0.2) is 4.39 Å². The molecule has 1 saturated carbocycles. The second kappa shape index (κ2) is 4.88. The highest BCUT2D eigenvalue weighted by atomic mass is 32.2. The fourth-order valence-corrected chi connectivity index (χ4v) is 2.52. The van der Waals surface area contributed by atoms with Crippen molar-refractivity contribution in [1.82, 2.24) is 0 Å². The highest BCUT2D eigenvalue weighted by Gasteiger charge is 2.14. The third kappa shape index (κ3) is 2.65. The number of nitrogens with one attached hydrogen (secondary N) is 1. The van der Waals surface area contributed by atoms with E-state index in [1.807, 2.05) is 18.4 Å². The number of halogens is 1. The van der Waals surface area contributed by atoms with E-state index >= 15 is 0 Å². The van der Waals surface area contributed by atoms with Gasteiger partial charge in [0.2, 0.25) is 0 Å². The van der Waals surface area contributed by atoms with Gasteiger partial charge in [0.05, 0.1) is 0 Å². The Morgan fingerprint density at radius 2 is 2.07 bits per heavy atom. The summed E-state index contributed by atoms with van der Waals surface area (Å²) in [6, 6.07) is 5.96. The molecule has 1 nitrogen and oxygen atoms in total. The first-order valence-electron chi connectivity index (χ1n) is 5.39. The number of hydrogen-bond donors (Lipinski definition) is 1. The van der Waals surface area contributed by atoms with Crippen molar-refractivity contribution in [2.45, 2.75) is 36.6 Å². The van der Waals surface area contributed by atoms with Gasteiger partial charge in [-0.05, 0) is 37.3 Å². The standard InChI is InChI=1S/C12H16FNS/c1-15-12-7-6-10(8-11(12)13)14-9-4-2-3-5-9/h6-9,14H,2-5H2,1H3. The molecule has 0 heterocycles. The van der Waals surface area contributed by atoms with E-state index in [9.17, 15) is 4.39 Å². The van der Waals surface area contributed by atoms with Gasteiger partial charge in [0.25, 0.3) is 0 Å². The summed E-state index contributed by atoms with van der Waals surface area (Å²) in [4.78, 5) is 0.715. The maximum atomic E-state index is 13.5. The Kier molecular flexibility index (Phi) is 3.52. The minimum atomic E-state index is -0.120. The topological polar surface area (TPSA) is 12.0 Å². The summed E-state index contributed by atoms with van der Waals surface area (Å²) in [5.74, 6) is -0.120. The van der Waals surface area contributed by atoms with Crippen LogP contribution in [-0.2, 0) is 0 Å². The molecule has 0 aromatic heterocycles. The number of benzene rings is 1. The molecule has 1 aromatic carbocycles. The second-order valence-electron chi connectivity index (χ2n) is 3.98. The minimum absolute atomic E-state index is 0.120. The minimum Gasteiger partial charge on any atom is -0.382 e. The van der Waals surface area contributed by atoms with E-state index in [-0.39, 0.29) is 5.82 Å². The Morgan fingerprint density at radius 3 is 2.67 bits per heavy atom. The van der Waals surface area contributed by atoms with Gasteiger partial charge in [0, 0.05) is 16.6 Å². The summed E-state index contributed by atoms with van der Waals surface area (Å²) < 4.78 is 13.5. The van der Waals surface area contributed by atoms with Gasteiger partial charge in [-0.2, -0.15) is 0 Å². The van der Waals surface area contributed by atoms with E-state index in [1.54, 1.807) is 6.07 Å². The van der Waals surface area contributed by atoms with Crippen molar-refractivity contribution in [2.24, 2.45) is 0 Å². The van der Waals surface area contributed by atoms with Crippen molar-refractivity contribution >= 4 is 17.4 Å². The normalized spacial score (nSPS) is 16.9. The lowest BCUT2D eigenvalue weighted by Gasteiger charge is -2.13. The first kappa shape index (κ1) is 10.8. The third-order valence-corrected chi connectivity index (χ3v) is 3.65. The largest absolute Gasteiger partial charge is 0.382 e. The Morgan fingerprint density at radius 1 is 1.33 bits per heavy atom. The molecule has 15 heavy (non-hydrogen) atoms.